The number of piperidine rings is 1. The van der Waals surface area contributed by atoms with E-state index < -0.39 is 15.6 Å². The van der Waals surface area contributed by atoms with Gasteiger partial charge in [-0.3, -0.25) is 9.59 Å². The number of rotatable bonds is 8. The second-order valence-electron chi connectivity index (χ2n) is 12.0. The number of nitrogens with zero attached hydrogens (tertiary/aromatic N) is 2. The van der Waals surface area contributed by atoms with E-state index in [1.54, 1.807) is 24.3 Å². The Balaban J connectivity index is 1.59. The Labute approximate surface area is 252 Å². The molecule has 9 nitrogen and oxygen atoms in total. The molecule has 0 radical (unpaired) electrons. The average molecular weight is 613 g/mol. The van der Waals surface area contributed by atoms with Crippen LogP contribution in [0.3, 0.4) is 0 Å². The van der Waals surface area contributed by atoms with Gasteiger partial charge in [0, 0.05) is 48.8 Å². The molecule has 42 heavy (non-hydrogen) atoms. The van der Waals surface area contributed by atoms with E-state index in [9.17, 15) is 18.0 Å². The topological polar surface area (TPSA) is 118 Å². The van der Waals surface area contributed by atoms with Crippen LogP contribution in [0.25, 0.3) is 21.2 Å². The van der Waals surface area contributed by atoms with E-state index in [2.05, 4.69) is 21.9 Å². The standard InChI is InChI=1S/C31H40N4O5S2/c1-5-31(3,4)34-42(38,39)25-11-10-24(22-8-6-7-9-23(22)25)27-26(30(37)35-16-12-20(2)13-17-35)33-29(41-27)28(36)32-21-14-18-40-19-15-21/h6-11,20-21,34H,5,12-19H2,1-4H3,(H,32,36). The monoisotopic (exact) mass is 612 g/mol. The van der Waals surface area contributed by atoms with Crippen LogP contribution in [0, 0.1) is 5.92 Å². The van der Waals surface area contributed by atoms with Gasteiger partial charge in [0.1, 0.15) is 5.69 Å². The summed E-state index contributed by atoms with van der Waals surface area (Å²) in [6.07, 6.45) is 3.91. The summed E-state index contributed by atoms with van der Waals surface area (Å²) in [5.41, 5.74) is 0.294. The van der Waals surface area contributed by atoms with Crippen LogP contribution in [0.4, 0.5) is 0 Å². The van der Waals surface area contributed by atoms with Gasteiger partial charge < -0.3 is 15.0 Å². The summed E-state index contributed by atoms with van der Waals surface area (Å²) in [5.74, 6) is 0.0360. The van der Waals surface area contributed by atoms with Crippen molar-refractivity contribution in [2.45, 2.75) is 76.3 Å². The zero-order chi connectivity index (χ0) is 30.1. The molecule has 2 N–H and O–H groups in total. The zero-order valence-corrected chi connectivity index (χ0v) is 26.4. The summed E-state index contributed by atoms with van der Waals surface area (Å²) in [5, 5.41) is 4.50. The first-order chi connectivity index (χ1) is 20.0. The number of thiazole rings is 1. The van der Waals surface area contributed by atoms with Gasteiger partial charge in [0.05, 0.1) is 9.77 Å². The van der Waals surface area contributed by atoms with Crippen molar-refractivity contribution in [3.05, 3.63) is 47.1 Å². The number of likely N-dealkylation sites (tertiary alicyclic amines) is 1. The lowest BCUT2D eigenvalue weighted by Crippen LogP contribution is -2.42. The zero-order valence-electron chi connectivity index (χ0n) is 24.7. The van der Waals surface area contributed by atoms with Crippen LogP contribution in [0.5, 0.6) is 0 Å². The van der Waals surface area contributed by atoms with Gasteiger partial charge in [0.2, 0.25) is 10.0 Å². The van der Waals surface area contributed by atoms with Crippen LogP contribution in [0.15, 0.2) is 41.3 Å². The van der Waals surface area contributed by atoms with Crippen LogP contribution in [0.2, 0.25) is 0 Å². The first kappa shape index (κ1) is 30.6. The Kier molecular flexibility index (Phi) is 9.03. The molecule has 3 aromatic rings. The fourth-order valence-electron chi connectivity index (χ4n) is 5.39. The Morgan fingerprint density at radius 3 is 2.38 bits per heavy atom. The Bertz CT molecular complexity index is 1570. The molecule has 2 fully saturated rings. The van der Waals surface area contributed by atoms with Crippen molar-refractivity contribution in [2.24, 2.45) is 5.92 Å². The van der Waals surface area contributed by atoms with Crippen molar-refractivity contribution in [2.75, 3.05) is 26.3 Å². The number of aromatic nitrogens is 1. The smallest absolute Gasteiger partial charge is 0.280 e. The molecule has 1 aromatic heterocycles. The van der Waals surface area contributed by atoms with Gasteiger partial charge in [-0.2, -0.15) is 0 Å². The van der Waals surface area contributed by atoms with Crippen molar-refractivity contribution < 1.29 is 22.7 Å². The second-order valence-corrected chi connectivity index (χ2v) is 14.7. The van der Waals surface area contributed by atoms with E-state index in [0.717, 1.165) is 25.7 Å². The SMILES string of the molecule is CCC(C)(C)NS(=O)(=O)c1ccc(-c2sc(C(=O)NC3CCOCC3)nc2C(=O)N2CCC(C)CC2)c2ccccc12. The maximum Gasteiger partial charge on any atom is 0.280 e. The van der Waals surface area contributed by atoms with Gasteiger partial charge in [-0.1, -0.05) is 44.2 Å². The molecule has 0 atom stereocenters. The molecular weight excluding hydrogens is 572 g/mol. The molecule has 2 aromatic carbocycles. The number of sulfonamides is 1. The number of hydrogen-bond donors (Lipinski definition) is 2. The van der Waals surface area contributed by atoms with E-state index in [4.69, 9.17) is 4.74 Å². The lowest BCUT2D eigenvalue weighted by Gasteiger charge is -2.30. The van der Waals surface area contributed by atoms with Crippen LogP contribution in [-0.4, -0.2) is 68.0 Å². The van der Waals surface area contributed by atoms with Crippen LogP contribution in [0.1, 0.15) is 80.1 Å². The van der Waals surface area contributed by atoms with Crippen molar-refractivity contribution in [1.82, 2.24) is 19.9 Å². The molecule has 5 rings (SSSR count). The average Bonchev–Trinajstić information content (AvgIpc) is 3.42. The molecule has 0 spiro atoms. The van der Waals surface area contributed by atoms with Gasteiger partial charge in [-0.15, -0.1) is 11.3 Å². The fourth-order valence-corrected chi connectivity index (χ4v) is 8.09. The van der Waals surface area contributed by atoms with Gasteiger partial charge in [0.25, 0.3) is 11.8 Å². The number of hydrogen-bond acceptors (Lipinski definition) is 7. The van der Waals surface area contributed by atoms with E-state index >= 15 is 0 Å². The lowest BCUT2D eigenvalue weighted by atomic mass is 9.98. The van der Waals surface area contributed by atoms with Gasteiger partial charge in [-0.25, -0.2) is 18.1 Å². The number of ether oxygens (including phenoxy) is 1. The number of carbonyl (C=O) groups excluding carboxylic acids is 2. The highest BCUT2D eigenvalue weighted by Crippen LogP contribution is 2.39. The molecule has 2 aliphatic rings. The molecule has 226 valence electrons. The molecule has 0 unspecified atom stereocenters. The van der Waals surface area contributed by atoms with Crippen molar-refractivity contribution in [1.29, 1.82) is 0 Å². The van der Waals surface area contributed by atoms with Crippen molar-refractivity contribution >= 4 is 43.9 Å². The number of benzene rings is 2. The normalized spacial score (nSPS) is 17.5. The van der Waals surface area contributed by atoms with Crippen molar-refractivity contribution in [3.8, 4) is 10.4 Å². The third-order valence-electron chi connectivity index (χ3n) is 8.36. The molecule has 0 saturated carbocycles. The highest BCUT2D eigenvalue weighted by Gasteiger charge is 2.31. The molecule has 2 aliphatic heterocycles. The molecule has 0 aliphatic carbocycles. The Hall–Kier alpha value is -2.86. The predicted molar refractivity (Wildman–Crippen MR) is 165 cm³/mol. The maximum absolute atomic E-state index is 13.9. The fraction of sp³-hybridized carbons (Fsp3) is 0.516. The highest BCUT2D eigenvalue weighted by atomic mass is 32.2. The van der Waals surface area contributed by atoms with E-state index in [1.807, 2.05) is 37.8 Å². The molecule has 3 heterocycles. The lowest BCUT2D eigenvalue weighted by molar-refractivity contribution is 0.0692. The van der Waals surface area contributed by atoms with Crippen molar-refractivity contribution in [3.63, 3.8) is 0 Å². The molecule has 11 heteroatoms. The third-order valence-corrected chi connectivity index (χ3v) is 11.2. The maximum atomic E-state index is 13.9. The molecule has 2 saturated heterocycles. The third kappa shape index (κ3) is 6.54. The number of nitrogens with one attached hydrogen (secondary N) is 2. The summed E-state index contributed by atoms with van der Waals surface area (Å²) < 4.78 is 35.3. The Morgan fingerprint density at radius 1 is 1.05 bits per heavy atom. The predicted octanol–water partition coefficient (Wildman–Crippen LogP) is 5.21. The van der Waals surface area contributed by atoms with Gasteiger partial charge in [0.15, 0.2) is 5.01 Å². The van der Waals surface area contributed by atoms with Gasteiger partial charge in [-0.05, 0) is 63.3 Å². The van der Waals surface area contributed by atoms with Crippen LogP contribution in [-0.2, 0) is 14.8 Å². The molecule has 0 bridgehead atoms. The van der Waals surface area contributed by atoms with Gasteiger partial charge >= 0.3 is 0 Å². The summed E-state index contributed by atoms with van der Waals surface area (Å²) >= 11 is 1.18. The minimum absolute atomic E-state index is 0.00785. The summed E-state index contributed by atoms with van der Waals surface area (Å²) in [7, 11) is -3.84. The first-order valence-corrected chi connectivity index (χ1v) is 17.0. The van der Waals surface area contributed by atoms with Crippen LogP contribution < -0.4 is 10.0 Å². The summed E-state index contributed by atoms with van der Waals surface area (Å²) in [6, 6.07) is 10.6. The molecule has 2 amide bonds. The highest BCUT2D eigenvalue weighted by molar-refractivity contribution is 7.89. The Morgan fingerprint density at radius 2 is 1.71 bits per heavy atom. The summed E-state index contributed by atoms with van der Waals surface area (Å²) in [4.78, 5) is 34.4. The number of amides is 2. The largest absolute Gasteiger partial charge is 0.381 e. The number of fused-ring (bicyclic) bond motifs is 1. The second kappa shape index (κ2) is 12.4. The van der Waals surface area contributed by atoms with E-state index in [-0.39, 0.29) is 33.5 Å². The first-order valence-electron chi connectivity index (χ1n) is 14.7. The minimum atomic E-state index is -3.84. The summed E-state index contributed by atoms with van der Waals surface area (Å²) in [6.45, 7) is 10.3. The van der Waals surface area contributed by atoms with E-state index in [0.29, 0.717) is 59.9 Å². The quantitative estimate of drug-likeness (QED) is 0.361. The molecular formula is C31H40N4O5S2. The number of carbonyl (C=O) groups is 2. The van der Waals surface area contributed by atoms with Crippen LogP contribution >= 0.6 is 11.3 Å². The van der Waals surface area contributed by atoms with E-state index in [1.165, 1.54) is 11.3 Å². The minimum Gasteiger partial charge on any atom is -0.381 e.